The van der Waals surface area contributed by atoms with Crippen LogP contribution in [0.25, 0.3) is 5.69 Å². The number of aliphatic hydroxyl groups excluding tert-OH is 1. The van der Waals surface area contributed by atoms with Crippen molar-refractivity contribution in [3.05, 3.63) is 46.7 Å². The van der Waals surface area contributed by atoms with Crippen molar-refractivity contribution in [2.24, 2.45) is 5.41 Å². The Hall–Kier alpha value is -1.85. The smallest absolute Gasteiger partial charge is 0.254 e. The van der Waals surface area contributed by atoms with Crippen LogP contribution >= 0.6 is 11.6 Å². The first kappa shape index (κ1) is 17.0. The van der Waals surface area contributed by atoms with E-state index in [9.17, 15) is 9.90 Å². The van der Waals surface area contributed by atoms with Gasteiger partial charge >= 0.3 is 0 Å². The molecule has 1 heterocycles. The topological polar surface area (TPSA) is 67.2 Å². The highest BCUT2D eigenvalue weighted by Crippen LogP contribution is 2.44. The number of carbonyl (C=O) groups excluding carboxylic acids is 1. The van der Waals surface area contributed by atoms with Crippen molar-refractivity contribution < 1.29 is 9.90 Å². The highest BCUT2D eigenvalue weighted by molar-refractivity contribution is 6.30. The largest absolute Gasteiger partial charge is 0.396 e. The van der Waals surface area contributed by atoms with Crippen LogP contribution in [0.15, 0.2) is 30.5 Å². The molecule has 0 spiro atoms. The molecule has 0 saturated heterocycles. The minimum Gasteiger partial charge on any atom is -0.396 e. The van der Waals surface area contributed by atoms with Crippen LogP contribution < -0.4 is 5.32 Å². The molecule has 5 nitrogen and oxygen atoms in total. The first-order chi connectivity index (χ1) is 11.5. The van der Waals surface area contributed by atoms with Gasteiger partial charge < -0.3 is 10.4 Å². The number of rotatable bonds is 6. The van der Waals surface area contributed by atoms with E-state index in [4.69, 9.17) is 11.6 Å². The summed E-state index contributed by atoms with van der Waals surface area (Å²) in [4.78, 5) is 12.6. The van der Waals surface area contributed by atoms with Crippen LogP contribution in [-0.4, -0.2) is 33.9 Å². The van der Waals surface area contributed by atoms with E-state index in [0.717, 1.165) is 24.2 Å². The molecular weight excluding hydrogens is 326 g/mol. The third kappa shape index (κ3) is 3.32. The zero-order chi connectivity index (χ0) is 17.3. The van der Waals surface area contributed by atoms with Gasteiger partial charge in [0.25, 0.3) is 5.91 Å². The lowest BCUT2D eigenvalue weighted by molar-refractivity contribution is 0.0934. The molecule has 2 aromatic rings. The molecule has 3 rings (SSSR count). The van der Waals surface area contributed by atoms with Crippen LogP contribution in [0.3, 0.4) is 0 Å². The number of benzene rings is 1. The van der Waals surface area contributed by atoms with E-state index in [1.165, 1.54) is 0 Å². The molecule has 1 aromatic heterocycles. The average Bonchev–Trinajstić information content (AvgIpc) is 3.20. The second-order valence-electron chi connectivity index (χ2n) is 6.83. The molecule has 0 aliphatic heterocycles. The van der Waals surface area contributed by atoms with Gasteiger partial charge in [-0.05, 0) is 37.0 Å². The first-order valence-corrected chi connectivity index (χ1v) is 8.56. The van der Waals surface area contributed by atoms with Gasteiger partial charge in [-0.1, -0.05) is 31.5 Å². The van der Waals surface area contributed by atoms with Crippen LogP contribution in [0.4, 0.5) is 0 Å². The van der Waals surface area contributed by atoms with Gasteiger partial charge in [0, 0.05) is 17.0 Å². The zero-order valence-electron chi connectivity index (χ0n) is 13.9. The van der Waals surface area contributed by atoms with Gasteiger partial charge in [-0.25, -0.2) is 4.68 Å². The summed E-state index contributed by atoms with van der Waals surface area (Å²) in [7, 11) is 0. The monoisotopic (exact) mass is 347 g/mol. The van der Waals surface area contributed by atoms with Gasteiger partial charge in [-0.3, -0.25) is 4.79 Å². The van der Waals surface area contributed by atoms with Gasteiger partial charge in [-0.2, -0.15) is 5.10 Å². The minimum atomic E-state index is -0.147. The van der Waals surface area contributed by atoms with Crippen LogP contribution in [-0.2, 0) is 0 Å². The van der Waals surface area contributed by atoms with Gasteiger partial charge in [0.15, 0.2) is 0 Å². The second-order valence-corrected chi connectivity index (χ2v) is 7.27. The Morgan fingerprint density at radius 3 is 2.79 bits per heavy atom. The molecule has 1 aliphatic rings. The van der Waals surface area contributed by atoms with Crippen LogP contribution in [0.5, 0.6) is 0 Å². The molecule has 0 bridgehead atoms. The molecule has 0 atom stereocenters. The van der Waals surface area contributed by atoms with Crippen LogP contribution in [0, 0.1) is 5.41 Å². The number of aliphatic hydroxyl groups is 1. The second kappa shape index (κ2) is 6.57. The Bertz CT molecular complexity index is 750. The molecular formula is C18H22ClN3O2. The molecule has 1 aromatic carbocycles. The summed E-state index contributed by atoms with van der Waals surface area (Å²) < 4.78 is 1.77. The van der Waals surface area contributed by atoms with Crippen molar-refractivity contribution in [2.75, 3.05) is 13.2 Å². The van der Waals surface area contributed by atoms with Crippen molar-refractivity contribution in [3.63, 3.8) is 0 Å². The molecule has 0 radical (unpaired) electrons. The fourth-order valence-corrected chi connectivity index (χ4v) is 3.02. The van der Waals surface area contributed by atoms with Gasteiger partial charge in [0.2, 0.25) is 0 Å². The quantitative estimate of drug-likeness (QED) is 0.843. The zero-order valence-corrected chi connectivity index (χ0v) is 14.7. The third-order valence-corrected chi connectivity index (χ3v) is 4.80. The molecule has 1 saturated carbocycles. The van der Waals surface area contributed by atoms with Crippen molar-refractivity contribution in [1.29, 1.82) is 0 Å². The molecule has 1 aliphatic carbocycles. The van der Waals surface area contributed by atoms with Crippen LogP contribution in [0.2, 0.25) is 5.02 Å². The van der Waals surface area contributed by atoms with E-state index in [1.807, 2.05) is 32.0 Å². The highest BCUT2D eigenvalue weighted by atomic mass is 35.5. The molecule has 1 amide bonds. The van der Waals surface area contributed by atoms with Crippen molar-refractivity contribution in [3.8, 4) is 5.69 Å². The van der Waals surface area contributed by atoms with E-state index in [2.05, 4.69) is 10.4 Å². The molecule has 6 heteroatoms. The summed E-state index contributed by atoms with van der Waals surface area (Å²) in [5, 5.41) is 17.4. The van der Waals surface area contributed by atoms with E-state index in [1.54, 1.807) is 16.9 Å². The predicted octanol–water partition coefficient (Wildman–Crippen LogP) is 3.15. The van der Waals surface area contributed by atoms with Gasteiger partial charge in [0.05, 0.1) is 29.7 Å². The molecule has 128 valence electrons. The summed E-state index contributed by atoms with van der Waals surface area (Å²) in [6.07, 6.45) is 3.52. The average molecular weight is 348 g/mol. The highest BCUT2D eigenvalue weighted by Gasteiger charge is 2.42. The van der Waals surface area contributed by atoms with E-state index >= 15 is 0 Å². The number of nitrogens with one attached hydrogen (secondary N) is 1. The number of nitrogens with zero attached hydrogens (tertiary/aromatic N) is 2. The SMILES string of the molecule is CC(C)c1c(C(=O)NCC2(CO)CC2)cnn1-c1cccc(Cl)c1. The number of carbonyl (C=O) groups is 1. The Morgan fingerprint density at radius 2 is 2.21 bits per heavy atom. The number of amides is 1. The first-order valence-electron chi connectivity index (χ1n) is 8.19. The van der Waals surface area contributed by atoms with E-state index in [-0.39, 0.29) is 23.8 Å². The summed E-state index contributed by atoms with van der Waals surface area (Å²) in [6, 6.07) is 7.41. The maximum absolute atomic E-state index is 12.6. The fourth-order valence-electron chi connectivity index (χ4n) is 2.83. The summed E-state index contributed by atoms with van der Waals surface area (Å²) >= 11 is 6.07. The normalized spacial score (nSPS) is 15.5. The Morgan fingerprint density at radius 1 is 1.46 bits per heavy atom. The maximum atomic E-state index is 12.6. The summed E-state index contributed by atoms with van der Waals surface area (Å²) in [6.45, 7) is 4.68. The Labute approximate surface area is 146 Å². The molecule has 2 N–H and O–H groups in total. The maximum Gasteiger partial charge on any atom is 0.254 e. The van der Waals surface area contributed by atoms with Crippen molar-refractivity contribution in [1.82, 2.24) is 15.1 Å². The summed E-state index contributed by atoms with van der Waals surface area (Å²) in [5.74, 6) is -0.0216. The number of hydrogen-bond donors (Lipinski definition) is 2. The Kier molecular flexibility index (Phi) is 4.65. The number of aromatic nitrogens is 2. The predicted molar refractivity (Wildman–Crippen MR) is 93.7 cm³/mol. The molecule has 24 heavy (non-hydrogen) atoms. The van der Waals surface area contributed by atoms with Crippen molar-refractivity contribution >= 4 is 17.5 Å². The standard InChI is InChI=1S/C18H22ClN3O2/c1-12(2)16-15(17(24)20-10-18(11-23)6-7-18)9-21-22(16)14-5-3-4-13(19)8-14/h3-5,8-9,12,23H,6-7,10-11H2,1-2H3,(H,20,24). The Balaban J connectivity index is 1.87. The fraction of sp³-hybridized carbons (Fsp3) is 0.444. The summed E-state index contributed by atoms with van der Waals surface area (Å²) in [5.41, 5.74) is 2.14. The molecule has 0 unspecified atom stereocenters. The van der Waals surface area contributed by atoms with Crippen molar-refractivity contribution in [2.45, 2.75) is 32.6 Å². The number of halogens is 1. The lowest BCUT2D eigenvalue weighted by Gasteiger charge is -2.15. The number of hydrogen-bond acceptors (Lipinski definition) is 3. The van der Waals surface area contributed by atoms with Crippen LogP contribution in [0.1, 0.15) is 48.7 Å². The van der Waals surface area contributed by atoms with E-state index < -0.39 is 0 Å². The third-order valence-electron chi connectivity index (χ3n) is 4.57. The lowest BCUT2D eigenvalue weighted by atomic mass is 10.0. The molecule has 1 fully saturated rings. The van der Waals surface area contributed by atoms with Gasteiger partial charge in [0.1, 0.15) is 0 Å². The minimum absolute atomic E-state index is 0.114. The van der Waals surface area contributed by atoms with Gasteiger partial charge in [-0.15, -0.1) is 0 Å². The lowest BCUT2D eigenvalue weighted by Crippen LogP contribution is -2.32. The van der Waals surface area contributed by atoms with E-state index in [0.29, 0.717) is 17.1 Å².